The highest BCUT2D eigenvalue weighted by molar-refractivity contribution is 6.18. The largest absolute Gasteiger partial charge is 0.478 e. The fourth-order valence-electron chi connectivity index (χ4n) is 1.64. The van der Waals surface area contributed by atoms with Crippen LogP contribution in [-0.2, 0) is 4.79 Å². The molecule has 2 aliphatic rings. The average Bonchev–Trinajstić information content (AvgIpc) is 2.66. The Morgan fingerprint density at radius 2 is 2.33 bits per heavy atom. The van der Waals surface area contributed by atoms with Gasteiger partial charge in [-0.05, 0) is 23.8 Å². The summed E-state index contributed by atoms with van der Waals surface area (Å²) in [5.41, 5.74) is 1.54. The second-order valence-electron chi connectivity index (χ2n) is 3.18. The van der Waals surface area contributed by atoms with Crippen molar-refractivity contribution in [2.75, 3.05) is 5.88 Å². The second kappa shape index (κ2) is 3.94. The number of carbonyl (C=O) groups is 1. The first kappa shape index (κ1) is 10.0. The molecule has 1 N–H and O–H groups in total. The van der Waals surface area contributed by atoms with E-state index in [9.17, 15) is 4.79 Å². The third-order valence-electron chi connectivity index (χ3n) is 2.34. The number of fused-ring (bicyclic) bond motifs is 1. The molecule has 0 aromatic carbocycles. The van der Waals surface area contributed by atoms with Crippen LogP contribution >= 0.6 is 11.6 Å². The quantitative estimate of drug-likeness (QED) is 0.746. The zero-order valence-electron chi connectivity index (χ0n) is 7.72. The van der Waals surface area contributed by atoms with Crippen LogP contribution in [0.25, 0.3) is 0 Å². The van der Waals surface area contributed by atoms with Gasteiger partial charge in [0.15, 0.2) is 0 Å². The third-order valence-corrected chi connectivity index (χ3v) is 2.56. The van der Waals surface area contributed by atoms with Gasteiger partial charge in [0.05, 0.1) is 0 Å². The molecule has 5 nitrogen and oxygen atoms in total. The molecule has 0 fully saturated rings. The molecule has 0 aromatic rings. The van der Waals surface area contributed by atoms with Gasteiger partial charge in [-0.3, -0.25) is 0 Å². The maximum atomic E-state index is 11.0. The number of allylic oxidation sites excluding steroid dienone is 3. The minimum Gasteiger partial charge on any atom is -0.478 e. The van der Waals surface area contributed by atoms with E-state index < -0.39 is 5.97 Å². The molecule has 1 atom stereocenters. The Hall–Kier alpha value is -1.49. The standard InChI is InChI=1S/C9H8ClN3O2/c10-4-3-5-6(9(14)15)1-2-7-8(5)12-13-11-7/h1-2,5H,3-4H2,(H,14,15). The van der Waals surface area contributed by atoms with Crippen LogP contribution in [0.15, 0.2) is 38.9 Å². The fourth-order valence-corrected chi connectivity index (χ4v) is 1.86. The number of hydrogen-bond acceptors (Lipinski definition) is 4. The van der Waals surface area contributed by atoms with E-state index in [0.717, 1.165) is 0 Å². The monoisotopic (exact) mass is 225 g/mol. The van der Waals surface area contributed by atoms with Crippen LogP contribution in [-0.4, -0.2) is 22.7 Å². The molecule has 0 saturated carbocycles. The Morgan fingerprint density at radius 1 is 1.53 bits per heavy atom. The van der Waals surface area contributed by atoms with E-state index in [-0.39, 0.29) is 5.92 Å². The number of rotatable bonds is 3. The highest BCUT2D eigenvalue weighted by Gasteiger charge is 2.31. The maximum absolute atomic E-state index is 11.0. The summed E-state index contributed by atoms with van der Waals surface area (Å²) in [6, 6.07) is 0. The summed E-state index contributed by atoms with van der Waals surface area (Å²) in [4.78, 5) is 11.0. The number of hydrogen-bond donors (Lipinski definition) is 1. The molecule has 78 valence electrons. The van der Waals surface area contributed by atoms with Crippen LogP contribution in [0.3, 0.4) is 0 Å². The number of carboxylic acid groups (broad SMARTS) is 1. The van der Waals surface area contributed by atoms with Crippen molar-refractivity contribution in [2.24, 2.45) is 21.4 Å². The van der Waals surface area contributed by atoms with E-state index >= 15 is 0 Å². The predicted molar refractivity (Wildman–Crippen MR) is 54.9 cm³/mol. The van der Waals surface area contributed by atoms with Crippen molar-refractivity contribution in [3.05, 3.63) is 23.4 Å². The molecular weight excluding hydrogens is 218 g/mol. The topological polar surface area (TPSA) is 74.4 Å². The van der Waals surface area contributed by atoms with Gasteiger partial charge in [0.1, 0.15) is 11.4 Å². The molecule has 0 saturated heterocycles. The Balaban J connectivity index is 2.36. The van der Waals surface area contributed by atoms with E-state index in [4.69, 9.17) is 16.7 Å². The predicted octanol–water partition coefficient (Wildman–Crippen LogP) is 1.96. The van der Waals surface area contributed by atoms with Crippen LogP contribution in [0.4, 0.5) is 0 Å². The van der Waals surface area contributed by atoms with Gasteiger partial charge in [-0.15, -0.1) is 21.8 Å². The number of carboxylic acids is 1. The van der Waals surface area contributed by atoms with Crippen LogP contribution in [0.1, 0.15) is 6.42 Å². The lowest BCUT2D eigenvalue weighted by Gasteiger charge is -2.18. The highest BCUT2D eigenvalue weighted by atomic mass is 35.5. The number of aliphatic carboxylic acids is 1. The molecule has 0 bridgehead atoms. The molecule has 1 heterocycles. The van der Waals surface area contributed by atoms with Crippen molar-refractivity contribution >= 4 is 23.3 Å². The maximum Gasteiger partial charge on any atom is 0.332 e. The molecule has 1 aliphatic heterocycles. The van der Waals surface area contributed by atoms with E-state index in [2.05, 4.69) is 15.4 Å². The van der Waals surface area contributed by atoms with E-state index in [0.29, 0.717) is 29.3 Å². The van der Waals surface area contributed by atoms with Crippen molar-refractivity contribution in [3.8, 4) is 0 Å². The Bertz CT molecular complexity index is 423. The molecule has 0 radical (unpaired) electrons. The molecule has 0 aromatic heterocycles. The van der Waals surface area contributed by atoms with Crippen molar-refractivity contribution in [1.29, 1.82) is 0 Å². The fraction of sp³-hybridized carbons (Fsp3) is 0.333. The average molecular weight is 226 g/mol. The van der Waals surface area contributed by atoms with Crippen molar-refractivity contribution in [2.45, 2.75) is 6.42 Å². The zero-order chi connectivity index (χ0) is 10.8. The first-order valence-electron chi connectivity index (χ1n) is 4.44. The van der Waals surface area contributed by atoms with Crippen LogP contribution in [0.5, 0.6) is 0 Å². The normalized spacial score (nSPS) is 23.0. The van der Waals surface area contributed by atoms with Crippen LogP contribution in [0.2, 0.25) is 0 Å². The molecule has 0 amide bonds. The number of halogens is 1. The van der Waals surface area contributed by atoms with Crippen LogP contribution in [0, 0.1) is 5.92 Å². The summed E-state index contributed by atoms with van der Waals surface area (Å²) in [7, 11) is 0. The SMILES string of the molecule is O=C(O)C1=CC=C2N=NN=C2C1CCCl. The summed E-state index contributed by atoms with van der Waals surface area (Å²) in [6.07, 6.45) is 3.68. The number of nitrogens with zero attached hydrogens (tertiary/aromatic N) is 3. The van der Waals surface area contributed by atoms with Crippen molar-refractivity contribution < 1.29 is 9.90 Å². The summed E-state index contributed by atoms with van der Waals surface area (Å²) in [6.45, 7) is 0. The Kier molecular flexibility index (Phi) is 2.64. The van der Waals surface area contributed by atoms with E-state index in [1.807, 2.05) is 0 Å². The minimum absolute atomic E-state index is 0.296. The van der Waals surface area contributed by atoms with E-state index in [1.54, 1.807) is 6.08 Å². The Labute approximate surface area is 90.8 Å². The van der Waals surface area contributed by atoms with E-state index in [1.165, 1.54) is 6.08 Å². The van der Waals surface area contributed by atoms with Crippen molar-refractivity contribution in [1.82, 2.24) is 0 Å². The van der Waals surface area contributed by atoms with Gasteiger partial charge in [0.25, 0.3) is 0 Å². The second-order valence-corrected chi connectivity index (χ2v) is 3.56. The van der Waals surface area contributed by atoms with Gasteiger partial charge in [0, 0.05) is 17.4 Å². The first-order valence-corrected chi connectivity index (χ1v) is 4.97. The molecule has 1 aliphatic carbocycles. The summed E-state index contributed by atoms with van der Waals surface area (Å²) in [5, 5.41) is 20.1. The lowest BCUT2D eigenvalue weighted by molar-refractivity contribution is -0.133. The smallest absolute Gasteiger partial charge is 0.332 e. The molecular formula is C9H8ClN3O2. The van der Waals surface area contributed by atoms with Crippen molar-refractivity contribution in [3.63, 3.8) is 0 Å². The zero-order valence-corrected chi connectivity index (χ0v) is 8.48. The molecule has 0 spiro atoms. The van der Waals surface area contributed by atoms with Gasteiger partial charge < -0.3 is 5.11 Å². The first-order chi connectivity index (χ1) is 7.24. The third kappa shape index (κ3) is 1.70. The highest BCUT2D eigenvalue weighted by Crippen LogP contribution is 2.30. The van der Waals surface area contributed by atoms with Gasteiger partial charge >= 0.3 is 5.97 Å². The number of alkyl halides is 1. The molecule has 6 heteroatoms. The summed E-state index contributed by atoms with van der Waals surface area (Å²) < 4.78 is 0. The van der Waals surface area contributed by atoms with Gasteiger partial charge in [0.2, 0.25) is 0 Å². The van der Waals surface area contributed by atoms with Gasteiger partial charge in [-0.2, -0.15) is 0 Å². The van der Waals surface area contributed by atoms with Gasteiger partial charge in [-0.25, -0.2) is 4.79 Å². The molecule has 2 rings (SSSR count). The molecule has 1 unspecified atom stereocenters. The minimum atomic E-state index is -0.949. The van der Waals surface area contributed by atoms with Crippen LogP contribution < -0.4 is 0 Å². The summed E-state index contributed by atoms with van der Waals surface area (Å²) >= 11 is 5.64. The lowest BCUT2D eigenvalue weighted by Crippen LogP contribution is -2.24. The molecule has 15 heavy (non-hydrogen) atoms. The Morgan fingerprint density at radius 3 is 3.00 bits per heavy atom. The summed E-state index contributed by atoms with van der Waals surface area (Å²) in [5.74, 6) is -0.869. The lowest BCUT2D eigenvalue weighted by atomic mass is 9.86. The van der Waals surface area contributed by atoms with Gasteiger partial charge in [-0.1, -0.05) is 0 Å².